The normalized spacial score (nSPS) is 20.3. The number of carbonyl (C=O) groups is 1. The van der Waals surface area contributed by atoms with Gasteiger partial charge in [-0.25, -0.2) is 22.6 Å². The number of cyclic esters (lactones) is 1. The van der Waals surface area contributed by atoms with Gasteiger partial charge in [-0.15, -0.1) is 0 Å². The van der Waals surface area contributed by atoms with Gasteiger partial charge >= 0.3 is 5.97 Å². The lowest BCUT2D eigenvalue weighted by Crippen LogP contribution is -2.48. The van der Waals surface area contributed by atoms with Gasteiger partial charge in [-0.1, -0.05) is 25.1 Å². The molecule has 7 rings (SSSR count). The van der Waals surface area contributed by atoms with Gasteiger partial charge < -0.3 is 14.4 Å². The highest BCUT2D eigenvalue weighted by molar-refractivity contribution is 7.89. The van der Waals surface area contributed by atoms with E-state index in [1.54, 1.807) is 60.9 Å². The summed E-state index contributed by atoms with van der Waals surface area (Å²) in [6.45, 7) is 5.35. The number of esters is 1. The molecule has 0 saturated carbocycles. The van der Waals surface area contributed by atoms with Crippen LogP contribution in [-0.2, 0) is 44.9 Å². The SMILES string of the molecule is CC[C@@]1(O)C(=O)OCc2c1cc1n(c2=O)Cc2c-1nc1cc(F)c(C)cc1c2CN1CCN(S(=O)(=O)c2ccccc2)CC1. The van der Waals surface area contributed by atoms with Gasteiger partial charge in [-0.05, 0) is 48.7 Å². The van der Waals surface area contributed by atoms with Crippen molar-refractivity contribution in [2.24, 2.45) is 0 Å². The van der Waals surface area contributed by atoms with Crippen LogP contribution in [-0.4, -0.2) is 64.4 Å². The molecule has 0 amide bonds. The second kappa shape index (κ2) is 10.3. The number of aromatic nitrogens is 2. The fourth-order valence-corrected chi connectivity index (χ4v) is 8.01. The van der Waals surface area contributed by atoms with Crippen molar-refractivity contribution in [1.82, 2.24) is 18.8 Å². The minimum atomic E-state index is -3.62. The molecule has 3 aliphatic heterocycles. The fourth-order valence-electron chi connectivity index (χ4n) is 6.57. The molecule has 12 heteroatoms. The first-order chi connectivity index (χ1) is 21.0. The third-order valence-electron chi connectivity index (χ3n) is 9.18. The second-order valence-electron chi connectivity index (χ2n) is 11.6. The first kappa shape index (κ1) is 28.8. The molecule has 1 atom stereocenters. The molecule has 0 bridgehead atoms. The lowest BCUT2D eigenvalue weighted by Gasteiger charge is -2.34. The zero-order valence-electron chi connectivity index (χ0n) is 24.3. The van der Waals surface area contributed by atoms with Crippen LogP contribution in [0.1, 0.15) is 41.2 Å². The molecular formula is C32H31FN4O6S. The van der Waals surface area contributed by atoms with E-state index in [4.69, 9.17) is 9.72 Å². The lowest BCUT2D eigenvalue weighted by molar-refractivity contribution is -0.172. The van der Waals surface area contributed by atoms with Crippen LogP contribution in [0.25, 0.3) is 22.3 Å². The Labute approximate surface area is 253 Å². The Balaban J connectivity index is 1.29. The van der Waals surface area contributed by atoms with Crippen LogP contribution in [0.2, 0.25) is 0 Å². The molecule has 0 aliphatic carbocycles. The number of piperazine rings is 1. The number of aliphatic hydroxyl groups is 1. The van der Waals surface area contributed by atoms with Gasteiger partial charge in [-0.3, -0.25) is 9.69 Å². The van der Waals surface area contributed by atoms with Crippen LogP contribution in [0.4, 0.5) is 4.39 Å². The summed E-state index contributed by atoms with van der Waals surface area (Å²) in [5.41, 5.74) is 1.65. The number of sulfonamides is 1. The molecule has 5 heterocycles. The van der Waals surface area contributed by atoms with Crippen molar-refractivity contribution in [1.29, 1.82) is 0 Å². The molecule has 3 aliphatic rings. The largest absolute Gasteiger partial charge is 0.458 e. The van der Waals surface area contributed by atoms with Crippen molar-refractivity contribution < 1.29 is 27.4 Å². The Morgan fingerprint density at radius 3 is 2.48 bits per heavy atom. The van der Waals surface area contributed by atoms with Crippen molar-refractivity contribution in [3.8, 4) is 11.4 Å². The van der Waals surface area contributed by atoms with E-state index in [2.05, 4.69) is 4.90 Å². The predicted molar refractivity (Wildman–Crippen MR) is 160 cm³/mol. The van der Waals surface area contributed by atoms with Crippen LogP contribution < -0.4 is 5.56 Å². The Hall–Kier alpha value is -3.97. The van der Waals surface area contributed by atoms with Gasteiger partial charge in [0, 0.05) is 55.3 Å². The molecule has 0 spiro atoms. The zero-order valence-corrected chi connectivity index (χ0v) is 25.2. The smallest absolute Gasteiger partial charge is 0.343 e. The summed E-state index contributed by atoms with van der Waals surface area (Å²) in [5.74, 6) is -1.20. The molecule has 228 valence electrons. The van der Waals surface area contributed by atoms with Gasteiger partial charge in [0.1, 0.15) is 12.4 Å². The van der Waals surface area contributed by atoms with E-state index in [1.165, 1.54) is 10.4 Å². The Morgan fingerprint density at radius 2 is 1.77 bits per heavy atom. The number of nitrogens with zero attached hydrogens (tertiary/aromatic N) is 4. The number of halogens is 1. The van der Waals surface area contributed by atoms with Crippen molar-refractivity contribution in [3.63, 3.8) is 0 Å². The van der Waals surface area contributed by atoms with Crippen LogP contribution >= 0.6 is 0 Å². The second-order valence-corrected chi connectivity index (χ2v) is 13.6. The van der Waals surface area contributed by atoms with E-state index in [1.807, 2.05) is 0 Å². The van der Waals surface area contributed by atoms with E-state index >= 15 is 0 Å². The average molecular weight is 619 g/mol. The molecule has 10 nitrogen and oxygen atoms in total. The van der Waals surface area contributed by atoms with Gasteiger partial charge in [0.05, 0.1) is 33.9 Å². The summed E-state index contributed by atoms with van der Waals surface area (Å²) in [6, 6.07) is 13.2. The van der Waals surface area contributed by atoms with Gasteiger partial charge in [0.15, 0.2) is 5.60 Å². The lowest BCUT2D eigenvalue weighted by atomic mass is 9.86. The number of ether oxygens (including phenoxy) is 1. The van der Waals surface area contributed by atoms with E-state index in [0.29, 0.717) is 55.2 Å². The van der Waals surface area contributed by atoms with Crippen molar-refractivity contribution in [2.75, 3.05) is 26.2 Å². The minimum Gasteiger partial charge on any atom is -0.458 e. The molecule has 4 aromatic rings. The number of hydrogen-bond acceptors (Lipinski definition) is 8. The van der Waals surface area contributed by atoms with Crippen molar-refractivity contribution >= 4 is 26.9 Å². The molecule has 0 radical (unpaired) electrons. The highest BCUT2D eigenvalue weighted by atomic mass is 32.2. The Kier molecular flexibility index (Phi) is 6.74. The van der Waals surface area contributed by atoms with Crippen LogP contribution in [0, 0.1) is 12.7 Å². The molecule has 1 fully saturated rings. The maximum absolute atomic E-state index is 14.8. The van der Waals surface area contributed by atoms with E-state index in [0.717, 1.165) is 16.5 Å². The zero-order chi connectivity index (χ0) is 31.0. The third-order valence-corrected chi connectivity index (χ3v) is 11.1. The first-order valence-electron chi connectivity index (χ1n) is 14.6. The standard InChI is InChI=1S/C32H31FN4O6S/c1-3-32(40)25-14-28-29-23(17-37(28)30(38)24(25)18-43-31(32)39)22(21-13-19(2)26(33)15-27(21)34-29)16-35-9-11-36(12-10-35)44(41,42)20-7-5-4-6-8-20/h4-8,13-15,40H,3,9-12,16-18H2,1-2H3/t32-/m0/s1. The molecule has 2 aromatic heterocycles. The molecular weight excluding hydrogens is 587 g/mol. The van der Waals surface area contributed by atoms with Gasteiger partial charge in [-0.2, -0.15) is 4.31 Å². The average Bonchev–Trinajstić information content (AvgIpc) is 3.39. The first-order valence-corrected chi connectivity index (χ1v) is 16.0. The summed E-state index contributed by atoms with van der Waals surface area (Å²) in [5, 5.41) is 12.0. The maximum Gasteiger partial charge on any atom is 0.343 e. The number of pyridine rings is 2. The minimum absolute atomic E-state index is 0.0292. The highest BCUT2D eigenvalue weighted by Gasteiger charge is 2.45. The summed E-state index contributed by atoms with van der Waals surface area (Å²) >= 11 is 0. The molecule has 2 aromatic carbocycles. The predicted octanol–water partition coefficient (Wildman–Crippen LogP) is 3.03. The van der Waals surface area contributed by atoms with Crippen molar-refractivity contribution in [3.05, 3.63) is 92.5 Å². The maximum atomic E-state index is 14.8. The number of rotatable bonds is 5. The Bertz CT molecular complexity index is 2020. The summed E-state index contributed by atoms with van der Waals surface area (Å²) < 4.78 is 49.4. The Morgan fingerprint density at radius 1 is 1.05 bits per heavy atom. The molecule has 44 heavy (non-hydrogen) atoms. The van der Waals surface area contributed by atoms with Gasteiger partial charge in [0.25, 0.3) is 5.56 Å². The van der Waals surface area contributed by atoms with Crippen LogP contribution in [0.5, 0.6) is 0 Å². The monoisotopic (exact) mass is 618 g/mol. The number of fused-ring (bicyclic) bond motifs is 5. The van der Waals surface area contributed by atoms with E-state index < -0.39 is 27.4 Å². The summed E-state index contributed by atoms with van der Waals surface area (Å²) in [7, 11) is -3.62. The summed E-state index contributed by atoms with van der Waals surface area (Å²) in [6.07, 6.45) is 0.0292. The molecule has 1 saturated heterocycles. The van der Waals surface area contributed by atoms with Crippen LogP contribution in [0.3, 0.4) is 0 Å². The number of hydrogen-bond donors (Lipinski definition) is 1. The van der Waals surface area contributed by atoms with E-state index in [-0.39, 0.29) is 41.2 Å². The molecule has 0 unspecified atom stereocenters. The fraction of sp³-hybridized carbons (Fsp3) is 0.344. The third kappa shape index (κ3) is 4.31. The highest BCUT2D eigenvalue weighted by Crippen LogP contribution is 2.41. The van der Waals surface area contributed by atoms with Crippen LogP contribution in [0.15, 0.2) is 58.2 Å². The number of aryl methyl sites for hydroxylation is 1. The quantitative estimate of drug-likeness (QED) is 0.299. The van der Waals surface area contributed by atoms with E-state index in [9.17, 15) is 27.5 Å². The van der Waals surface area contributed by atoms with Gasteiger partial charge in [0.2, 0.25) is 10.0 Å². The summed E-state index contributed by atoms with van der Waals surface area (Å²) in [4.78, 5) is 33.5. The molecule has 1 N–H and O–H groups in total. The number of carbonyl (C=O) groups excluding carboxylic acids is 1. The van der Waals surface area contributed by atoms with Crippen molar-refractivity contribution in [2.45, 2.75) is 50.5 Å². The number of benzene rings is 2. The topological polar surface area (TPSA) is 122 Å².